The van der Waals surface area contributed by atoms with Crippen molar-refractivity contribution in [2.45, 2.75) is 6.92 Å². The molecule has 3 rings (SSSR count). The fourth-order valence-corrected chi connectivity index (χ4v) is 2.55. The quantitative estimate of drug-likeness (QED) is 0.561. The maximum absolute atomic E-state index is 3.89. The van der Waals surface area contributed by atoms with Crippen LogP contribution in [0.15, 0.2) is 67.2 Å². The molecule has 3 aromatic rings. The maximum Gasteiger partial charge on any atom is -0.00968 e. The number of rotatable bonds is 2. The first kappa shape index (κ1) is 11.7. The van der Waals surface area contributed by atoms with Crippen LogP contribution in [0.25, 0.3) is 28.0 Å². The molecule has 0 N–H and O–H groups in total. The third kappa shape index (κ3) is 2.06. The van der Waals surface area contributed by atoms with Gasteiger partial charge in [-0.1, -0.05) is 61.2 Å². The Bertz CT molecular complexity index is 751. The van der Waals surface area contributed by atoms with E-state index in [4.69, 9.17) is 0 Å². The Kier molecular flexibility index (Phi) is 2.92. The second-order valence-corrected chi connectivity index (χ2v) is 4.81. The molecule has 0 aliphatic rings. The Morgan fingerprint density at radius 3 is 2.37 bits per heavy atom. The molecule has 0 spiro atoms. The molecule has 19 heavy (non-hydrogen) atoms. The molecule has 0 saturated carbocycles. The van der Waals surface area contributed by atoms with Gasteiger partial charge in [-0.3, -0.25) is 0 Å². The summed E-state index contributed by atoms with van der Waals surface area (Å²) in [7, 11) is 0. The van der Waals surface area contributed by atoms with Crippen LogP contribution in [0, 0.1) is 6.92 Å². The van der Waals surface area contributed by atoms with E-state index in [2.05, 4.69) is 74.2 Å². The lowest BCUT2D eigenvalue weighted by Crippen LogP contribution is -1.86. The first-order valence-electron chi connectivity index (χ1n) is 6.51. The van der Waals surface area contributed by atoms with E-state index in [1.807, 2.05) is 6.08 Å². The standard InChI is InChI=1S/C19H16/c1-3-15-12-16-9-5-7-11-18(16)19(13-15)17-10-6-4-8-14(17)2/h3-13H,1H2,2H3. The van der Waals surface area contributed by atoms with E-state index in [1.54, 1.807) is 0 Å². The zero-order valence-electron chi connectivity index (χ0n) is 11.1. The summed E-state index contributed by atoms with van der Waals surface area (Å²) in [6, 6.07) is 21.4. The summed E-state index contributed by atoms with van der Waals surface area (Å²) in [6.45, 7) is 6.05. The van der Waals surface area contributed by atoms with Crippen molar-refractivity contribution in [2.24, 2.45) is 0 Å². The number of hydrogen-bond donors (Lipinski definition) is 0. The molecule has 0 heteroatoms. The van der Waals surface area contributed by atoms with E-state index in [0.29, 0.717) is 0 Å². The molecule has 0 fully saturated rings. The Hall–Kier alpha value is -2.34. The van der Waals surface area contributed by atoms with Gasteiger partial charge in [-0.05, 0) is 52.1 Å². The highest BCUT2D eigenvalue weighted by Gasteiger charge is 2.07. The number of fused-ring (bicyclic) bond motifs is 1. The fourth-order valence-electron chi connectivity index (χ4n) is 2.55. The van der Waals surface area contributed by atoms with Gasteiger partial charge in [-0.2, -0.15) is 0 Å². The second kappa shape index (κ2) is 4.74. The number of aryl methyl sites for hydroxylation is 1. The molecule has 0 aliphatic heterocycles. The highest BCUT2D eigenvalue weighted by molar-refractivity contribution is 5.98. The molecule has 0 unspecified atom stereocenters. The molecule has 0 radical (unpaired) electrons. The third-order valence-electron chi connectivity index (χ3n) is 3.56. The first-order valence-corrected chi connectivity index (χ1v) is 6.51. The smallest absolute Gasteiger partial charge is 0.00968 e. The van der Waals surface area contributed by atoms with Crippen molar-refractivity contribution in [2.75, 3.05) is 0 Å². The zero-order valence-corrected chi connectivity index (χ0v) is 11.1. The van der Waals surface area contributed by atoms with Gasteiger partial charge >= 0.3 is 0 Å². The van der Waals surface area contributed by atoms with Crippen molar-refractivity contribution in [1.82, 2.24) is 0 Å². The zero-order chi connectivity index (χ0) is 13.2. The lowest BCUT2D eigenvalue weighted by molar-refractivity contribution is 1.47. The van der Waals surface area contributed by atoms with E-state index in [0.717, 1.165) is 5.56 Å². The van der Waals surface area contributed by atoms with E-state index < -0.39 is 0 Å². The minimum atomic E-state index is 1.16. The van der Waals surface area contributed by atoms with Crippen LogP contribution in [-0.4, -0.2) is 0 Å². The van der Waals surface area contributed by atoms with Crippen molar-refractivity contribution >= 4 is 16.8 Å². The van der Waals surface area contributed by atoms with Crippen molar-refractivity contribution in [3.8, 4) is 11.1 Å². The van der Waals surface area contributed by atoms with Crippen LogP contribution in [0.3, 0.4) is 0 Å². The van der Waals surface area contributed by atoms with Gasteiger partial charge in [0.15, 0.2) is 0 Å². The summed E-state index contributed by atoms with van der Waals surface area (Å²) in [4.78, 5) is 0. The second-order valence-electron chi connectivity index (χ2n) is 4.81. The summed E-state index contributed by atoms with van der Waals surface area (Å²) in [5.74, 6) is 0. The Balaban J connectivity index is 2.39. The molecule has 0 aliphatic carbocycles. The van der Waals surface area contributed by atoms with Gasteiger partial charge in [0.1, 0.15) is 0 Å². The summed E-state index contributed by atoms with van der Waals surface area (Å²) in [5.41, 5.74) is 5.04. The highest BCUT2D eigenvalue weighted by Crippen LogP contribution is 2.32. The summed E-state index contributed by atoms with van der Waals surface area (Å²) >= 11 is 0. The summed E-state index contributed by atoms with van der Waals surface area (Å²) in [5, 5.41) is 2.56. The van der Waals surface area contributed by atoms with Gasteiger partial charge < -0.3 is 0 Å². The number of hydrogen-bond acceptors (Lipinski definition) is 0. The summed E-state index contributed by atoms with van der Waals surface area (Å²) in [6.07, 6.45) is 1.91. The third-order valence-corrected chi connectivity index (χ3v) is 3.56. The predicted octanol–water partition coefficient (Wildman–Crippen LogP) is 5.46. The molecular formula is C19H16. The topological polar surface area (TPSA) is 0 Å². The summed E-state index contributed by atoms with van der Waals surface area (Å²) < 4.78 is 0. The van der Waals surface area contributed by atoms with E-state index in [1.165, 1.54) is 27.5 Å². The van der Waals surface area contributed by atoms with Crippen LogP contribution in [0.4, 0.5) is 0 Å². The largest absolute Gasteiger partial charge is 0.0985 e. The molecule has 3 aromatic carbocycles. The van der Waals surface area contributed by atoms with Gasteiger partial charge in [0.25, 0.3) is 0 Å². The number of benzene rings is 3. The van der Waals surface area contributed by atoms with Crippen LogP contribution in [0.2, 0.25) is 0 Å². The van der Waals surface area contributed by atoms with Crippen LogP contribution >= 0.6 is 0 Å². The molecule has 0 bridgehead atoms. The molecule has 0 nitrogen and oxygen atoms in total. The molecule has 0 saturated heterocycles. The van der Waals surface area contributed by atoms with Gasteiger partial charge in [0.05, 0.1) is 0 Å². The lowest BCUT2D eigenvalue weighted by atomic mass is 9.93. The fraction of sp³-hybridized carbons (Fsp3) is 0.0526. The van der Waals surface area contributed by atoms with Gasteiger partial charge in [0, 0.05) is 0 Å². The molecule has 92 valence electrons. The first-order chi connectivity index (χ1) is 9.29. The van der Waals surface area contributed by atoms with E-state index in [-0.39, 0.29) is 0 Å². The molecule has 0 atom stereocenters. The van der Waals surface area contributed by atoms with E-state index >= 15 is 0 Å². The Morgan fingerprint density at radius 2 is 1.58 bits per heavy atom. The molecule has 0 amide bonds. The Morgan fingerprint density at radius 1 is 0.842 bits per heavy atom. The monoisotopic (exact) mass is 244 g/mol. The van der Waals surface area contributed by atoms with Crippen molar-refractivity contribution in [3.05, 3.63) is 78.4 Å². The molecular weight excluding hydrogens is 228 g/mol. The van der Waals surface area contributed by atoms with Gasteiger partial charge in [0.2, 0.25) is 0 Å². The van der Waals surface area contributed by atoms with Crippen LogP contribution in [-0.2, 0) is 0 Å². The predicted molar refractivity (Wildman–Crippen MR) is 84.2 cm³/mol. The van der Waals surface area contributed by atoms with E-state index in [9.17, 15) is 0 Å². The SMILES string of the molecule is C=Cc1cc(-c2ccccc2C)c2ccccc2c1. The average molecular weight is 244 g/mol. The lowest BCUT2D eigenvalue weighted by Gasteiger charge is -2.11. The normalized spacial score (nSPS) is 10.6. The van der Waals surface area contributed by atoms with Crippen LogP contribution in [0.1, 0.15) is 11.1 Å². The minimum absolute atomic E-state index is 1.16. The average Bonchev–Trinajstić information content (AvgIpc) is 2.46. The Labute approximate surface area is 114 Å². The molecule has 0 heterocycles. The molecule has 0 aromatic heterocycles. The van der Waals surface area contributed by atoms with Crippen LogP contribution in [0.5, 0.6) is 0 Å². The minimum Gasteiger partial charge on any atom is -0.0985 e. The van der Waals surface area contributed by atoms with Gasteiger partial charge in [-0.25, -0.2) is 0 Å². The van der Waals surface area contributed by atoms with Crippen molar-refractivity contribution < 1.29 is 0 Å². The van der Waals surface area contributed by atoms with Crippen molar-refractivity contribution in [3.63, 3.8) is 0 Å². The van der Waals surface area contributed by atoms with Crippen molar-refractivity contribution in [1.29, 1.82) is 0 Å². The van der Waals surface area contributed by atoms with Crippen LogP contribution < -0.4 is 0 Å². The highest BCUT2D eigenvalue weighted by atomic mass is 14.1. The maximum atomic E-state index is 3.89. The van der Waals surface area contributed by atoms with Gasteiger partial charge in [-0.15, -0.1) is 0 Å².